The molecule has 0 spiro atoms. The van der Waals surface area contributed by atoms with E-state index in [2.05, 4.69) is 41.9 Å². The van der Waals surface area contributed by atoms with E-state index in [0.717, 1.165) is 4.47 Å². The lowest BCUT2D eigenvalue weighted by Gasteiger charge is -2.08. The van der Waals surface area contributed by atoms with Gasteiger partial charge in [-0.1, -0.05) is 28.1 Å². The molecule has 0 bridgehead atoms. The lowest BCUT2D eigenvalue weighted by molar-refractivity contribution is -0.142. The highest BCUT2D eigenvalue weighted by Crippen LogP contribution is 2.27. The maximum atomic E-state index is 12.3. The Morgan fingerprint density at radius 3 is 2.63 bits per heavy atom. The molecule has 0 fully saturated rings. The molecule has 0 aliphatic carbocycles. The van der Waals surface area contributed by atoms with Crippen molar-refractivity contribution in [2.24, 2.45) is 0 Å². The highest BCUT2D eigenvalue weighted by Gasteiger charge is 2.11. The van der Waals surface area contributed by atoms with Gasteiger partial charge in [0, 0.05) is 10.2 Å². The summed E-state index contributed by atoms with van der Waals surface area (Å²) in [6.07, 6.45) is 1.46. The van der Waals surface area contributed by atoms with Crippen LogP contribution in [0.25, 0.3) is 6.08 Å². The third-order valence-electron chi connectivity index (χ3n) is 3.29. The predicted molar refractivity (Wildman–Crippen MR) is 108 cm³/mol. The van der Waals surface area contributed by atoms with Crippen molar-refractivity contribution in [3.63, 3.8) is 0 Å². The molecule has 0 unspecified atom stereocenters. The third-order valence-corrected chi connectivity index (χ3v) is 4.40. The Morgan fingerprint density at radius 2 is 2.00 bits per heavy atom. The molecule has 0 atom stereocenters. The Morgan fingerprint density at radius 1 is 1.22 bits per heavy atom. The first kappa shape index (κ1) is 20.7. The van der Waals surface area contributed by atoms with Crippen LogP contribution in [0.15, 0.2) is 57.0 Å². The Labute approximate surface area is 173 Å². The average molecular weight is 494 g/mol. The van der Waals surface area contributed by atoms with Crippen molar-refractivity contribution in [3.8, 4) is 11.8 Å². The van der Waals surface area contributed by atoms with Crippen molar-refractivity contribution in [1.82, 2.24) is 0 Å². The average Bonchev–Trinajstić information content (AvgIpc) is 2.65. The summed E-state index contributed by atoms with van der Waals surface area (Å²) < 4.78 is 11.2. The minimum Gasteiger partial charge on any atom is -0.481 e. The molecule has 2 aromatic rings. The van der Waals surface area contributed by atoms with Crippen molar-refractivity contribution in [1.29, 1.82) is 5.26 Å². The normalized spacial score (nSPS) is 10.7. The molecule has 27 heavy (non-hydrogen) atoms. The van der Waals surface area contributed by atoms with Gasteiger partial charge in [0.2, 0.25) is 0 Å². The van der Waals surface area contributed by atoms with Crippen molar-refractivity contribution >= 4 is 55.5 Å². The zero-order valence-electron chi connectivity index (χ0n) is 14.2. The minimum absolute atomic E-state index is 0.0508. The number of methoxy groups -OCH3 is 1. The smallest absolute Gasteiger partial charge is 0.343 e. The second kappa shape index (κ2) is 9.90. The number of rotatable bonds is 6. The highest BCUT2D eigenvalue weighted by atomic mass is 79.9. The molecule has 138 valence electrons. The second-order valence-electron chi connectivity index (χ2n) is 5.19. The van der Waals surface area contributed by atoms with E-state index in [4.69, 9.17) is 4.74 Å². The second-order valence-corrected chi connectivity index (χ2v) is 6.96. The fourth-order valence-corrected chi connectivity index (χ4v) is 2.91. The molecule has 2 rings (SSSR count). The van der Waals surface area contributed by atoms with Crippen molar-refractivity contribution in [2.75, 3.05) is 19.0 Å². The summed E-state index contributed by atoms with van der Waals surface area (Å²) in [6.45, 7) is -0.219. The fourth-order valence-electron chi connectivity index (χ4n) is 2.00. The topological polar surface area (TPSA) is 88.4 Å². The van der Waals surface area contributed by atoms with Crippen molar-refractivity contribution in [3.05, 3.63) is 62.5 Å². The van der Waals surface area contributed by atoms with Crippen LogP contribution >= 0.6 is 31.9 Å². The maximum Gasteiger partial charge on any atom is 0.343 e. The van der Waals surface area contributed by atoms with Crippen LogP contribution in [0.4, 0.5) is 5.69 Å². The van der Waals surface area contributed by atoms with Gasteiger partial charge >= 0.3 is 5.97 Å². The van der Waals surface area contributed by atoms with Gasteiger partial charge in [-0.25, -0.2) is 4.79 Å². The van der Waals surface area contributed by atoms with Crippen LogP contribution in [0, 0.1) is 11.3 Å². The van der Waals surface area contributed by atoms with Crippen LogP contribution in [-0.2, 0) is 14.3 Å². The quantitative estimate of drug-likeness (QED) is 0.368. The van der Waals surface area contributed by atoms with Gasteiger partial charge in [-0.05, 0) is 57.9 Å². The molecule has 1 N–H and O–H groups in total. The molecule has 0 saturated heterocycles. The molecule has 6 nitrogen and oxygen atoms in total. The summed E-state index contributed by atoms with van der Waals surface area (Å²) in [5.74, 6) is -0.575. The fraction of sp³-hybridized carbons (Fsp3) is 0.105. The number of esters is 1. The number of hydrogen-bond donors (Lipinski definition) is 1. The van der Waals surface area contributed by atoms with Gasteiger partial charge in [-0.2, -0.15) is 5.26 Å². The van der Waals surface area contributed by atoms with Gasteiger partial charge in [-0.3, -0.25) is 4.79 Å². The first-order chi connectivity index (χ1) is 12.9. The summed E-state index contributed by atoms with van der Waals surface area (Å²) in [5, 5.41) is 12.0. The van der Waals surface area contributed by atoms with Gasteiger partial charge in [0.25, 0.3) is 5.91 Å². The molecule has 0 saturated carbocycles. The summed E-state index contributed by atoms with van der Waals surface area (Å²) >= 11 is 6.66. The van der Waals surface area contributed by atoms with Crippen LogP contribution in [-0.4, -0.2) is 25.6 Å². The Bertz CT molecular complexity index is 936. The Balaban J connectivity index is 2.14. The molecule has 0 radical (unpaired) electrons. The zero-order chi connectivity index (χ0) is 19.8. The highest BCUT2D eigenvalue weighted by molar-refractivity contribution is 9.10. The lowest BCUT2D eigenvalue weighted by Crippen LogP contribution is -2.13. The lowest BCUT2D eigenvalue weighted by atomic mass is 10.1. The Kier molecular flexibility index (Phi) is 7.58. The molecule has 0 aromatic heterocycles. The van der Waals surface area contributed by atoms with Crippen LogP contribution in [0.3, 0.4) is 0 Å². The first-order valence-electron chi connectivity index (χ1n) is 7.61. The molecule has 1 amide bonds. The molecule has 0 aliphatic rings. The number of amides is 1. The van der Waals surface area contributed by atoms with Crippen molar-refractivity contribution < 1.29 is 19.1 Å². The first-order valence-corrected chi connectivity index (χ1v) is 9.19. The number of carbonyl (C=O) groups is 2. The van der Waals surface area contributed by atoms with Gasteiger partial charge < -0.3 is 14.8 Å². The Hall–Kier alpha value is -2.63. The third kappa shape index (κ3) is 6.24. The van der Waals surface area contributed by atoms with E-state index in [1.165, 1.54) is 13.2 Å². The number of carbonyl (C=O) groups excluding carboxylic acids is 2. The standard InChI is InChI=1S/C19H14Br2N2O4/c1-26-18(24)11-27-17-6-5-12(8-16(17)21)7-13(10-22)19(25)23-15-4-2-3-14(20)9-15/h2-9H,11H2,1H3,(H,23,25)/b13-7-. The molecule has 0 heterocycles. The molecular weight excluding hydrogens is 480 g/mol. The van der Waals surface area contributed by atoms with Gasteiger partial charge in [-0.15, -0.1) is 0 Å². The number of benzene rings is 2. The van der Waals surface area contributed by atoms with Crippen LogP contribution in [0.1, 0.15) is 5.56 Å². The zero-order valence-corrected chi connectivity index (χ0v) is 17.3. The van der Waals surface area contributed by atoms with Gasteiger partial charge in [0.05, 0.1) is 11.6 Å². The van der Waals surface area contributed by atoms with Crippen LogP contribution in [0.2, 0.25) is 0 Å². The van der Waals surface area contributed by atoms with Gasteiger partial charge in [0.1, 0.15) is 17.4 Å². The van der Waals surface area contributed by atoms with Gasteiger partial charge in [0.15, 0.2) is 6.61 Å². The molecular formula is C19H14Br2N2O4. The number of nitrogens with one attached hydrogen (secondary N) is 1. The summed E-state index contributed by atoms with van der Waals surface area (Å²) in [6, 6.07) is 13.9. The number of ether oxygens (including phenoxy) is 2. The molecule has 0 aliphatic heterocycles. The number of hydrogen-bond acceptors (Lipinski definition) is 5. The van der Waals surface area contributed by atoms with E-state index >= 15 is 0 Å². The minimum atomic E-state index is -0.516. The molecule has 8 heteroatoms. The largest absolute Gasteiger partial charge is 0.481 e. The summed E-state index contributed by atoms with van der Waals surface area (Å²) in [7, 11) is 1.28. The number of halogens is 2. The number of nitrogens with zero attached hydrogens (tertiary/aromatic N) is 1. The van der Waals surface area contributed by atoms with Crippen molar-refractivity contribution in [2.45, 2.75) is 0 Å². The van der Waals surface area contributed by atoms with E-state index < -0.39 is 11.9 Å². The van der Waals surface area contributed by atoms with E-state index in [9.17, 15) is 14.9 Å². The number of nitriles is 1. The van der Waals surface area contributed by atoms with E-state index in [1.54, 1.807) is 36.4 Å². The predicted octanol–water partition coefficient (Wildman–Crippen LogP) is 4.31. The molecule has 2 aromatic carbocycles. The maximum absolute atomic E-state index is 12.3. The number of anilines is 1. The monoisotopic (exact) mass is 492 g/mol. The van der Waals surface area contributed by atoms with E-state index in [1.807, 2.05) is 12.1 Å². The van der Waals surface area contributed by atoms with Crippen LogP contribution < -0.4 is 10.1 Å². The summed E-state index contributed by atoms with van der Waals surface area (Å²) in [5.41, 5.74) is 1.14. The summed E-state index contributed by atoms with van der Waals surface area (Å²) in [4.78, 5) is 23.5. The van der Waals surface area contributed by atoms with E-state index in [0.29, 0.717) is 21.5 Å². The van der Waals surface area contributed by atoms with E-state index in [-0.39, 0.29) is 12.2 Å². The SMILES string of the molecule is COC(=O)COc1ccc(/C=C(/C#N)C(=O)Nc2cccc(Br)c2)cc1Br. The van der Waals surface area contributed by atoms with Crippen LogP contribution in [0.5, 0.6) is 5.75 Å².